The Labute approximate surface area is 101 Å². The van der Waals surface area contributed by atoms with Crippen molar-refractivity contribution in [2.75, 3.05) is 6.61 Å². The number of aliphatic carboxylic acids is 1. The molecule has 0 saturated heterocycles. The third-order valence-electron chi connectivity index (χ3n) is 3.00. The van der Waals surface area contributed by atoms with Crippen LogP contribution in [-0.2, 0) is 14.1 Å². The molecule has 1 atom stereocenters. The summed E-state index contributed by atoms with van der Waals surface area (Å²) in [6.45, 7) is 5.27. The molecule has 0 heterocycles. The van der Waals surface area contributed by atoms with Gasteiger partial charge in [-0.15, -0.1) is 0 Å². The molecule has 0 aromatic carbocycles. The lowest BCUT2D eigenvalue weighted by Gasteiger charge is -2.30. The van der Waals surface area contributed by atoms with E-state index in [-0.39, 0.29) is 18.9 Å². The van der Waals surface area contributed by atoms with Gasteiger partial charge in [0.25, 0.3) is 5.34 Å². The SMILES string of the molecule is CCC(CC)COC(CC)(C(=O)O)P(=O)(O)O. The molecule has 7 heteroatoms. The van der Waals surface area contributed by atoms with E-state index < -0.39 is 18.9 Å². The van der Waals surface area contributed by atoms with Gasteiger partial charge in [-0.3, -0.25) is 4.57 Å². The van der Waals surface area contributed by atoms with Crippen molar-refractivity contribution in [2.24, 2.45) is 5.92 Å². The van der Waals surface area contributed by atoms with Gasteiger partial charge in [-0.2, -0.15) is 0 Å². The molecule has 17 heavy (non-hydrogen) atoms. The highest BCUT2D eigenvalue weighted by Crippen LogP contribution is 2.53. The molecule has 0 radical (unpaired) electrons. The van der Waals surface area contributed by atoms with E-state index in [2.05, 4.69) is 0 Å². The van der Waals surface area contributed by atoms with Gasteiger partial charge >= 0.3 is 13.6 Å². The summed E-state index contributed by atoms with van der Waals surface area (Å²) in [5.74, 6) is -1.51. The van der Waals surface area contributed by atoms with Crippen molar-refractivity contribution in [1.82, 2.24) is 0 Å². The second-order valence-corrected chi connectivity index (χ2v) is 5.79. The Bertz CT molecular complexity index is 295. The van der Waals surface area contributed by atoms with Crippen LogP contribution in [-0.4, -0.2) is 32.8 Å². The largest absolute Gasteiger partial charge is 0.479 e. The Hall–Kier alpha value is -0.420. The van der Waals surface area contributed by atoms with Crippen molar-refractivity contribution < 1.29 is 29.0 Å². The Morgan fingerprint density at radius 1 is 1.29 bits per heavy atom. The zero-order valence-electron chi connectivity index (χ0n) is 10.4. The van der Waals surface area contributed by atoms with Crippen LogP contribution in [0.25, 0.3) is 0 Å². The normalized spacial score (nSPS) is 15.9. The smallest absolute Gasteiger partial charge is 0.368 e. The third kappa shape index (κ3) is 3.78. The van der Waals surface area contributed by atoms with Crippen LogP contribution in [0.5, 0.6) is 0 Å². The fourth-order valence-corrected chi connectivity index (χ4v) is 2.41. The van der Waals surface area contributed by atoms with Crippen LogP contribution in [0.2, 0.25) is 0 Å². The standard InChI is InChI=1S/C10H21O6P/c1-4-8(5-2)7-16-10(6-3,9(11)12)17(13,14)15/h8H,4-7H2,1-3H3,(H,11,12)(H2,13,14,15). The topological polar surface area (TPSA) is 104 Å². The maximum absolute atomic E-state index is 11.3. The average Bonchev–Trinajstić information content (AvgIpc) is 2.22. The van der Waals surface area contributed by atoms with Crippen LogP contribution < -0.4 is 0 Å². The number of carbonyl (C=O) groups is 1. The number of hydrogen-bond acceptors (Lipinski definition) is 3. The van der Waals surface area contributed by atoms with Gasteiger partial charge in [0, 0.05) is 0 Å². The van der Waals surface area contributed by atoms with E-state index >= 15 is 0 Å². The van der Waals surface area contributed by atoms with Gasteiger partial charge < -0.3 is 19.6 Å². The van der Waals surface area contributed by atoms with Gasteiger partial charge in [-0.25, -0.2) is 4.79 Å². The highest BCUT2D eigenvalue weighted by molar-refractivity contribution is 7.54. The lowest BCUT2D eigenvalue weighted by molar-refractivity contribution is -0.158. The van der Waals surface area contributed by atoms with Crippen LogP contribution in [0.15, 0.2) is 0 Å². The van der Waals surface area contributed by atoms with E-state index in [0.29, 0.717) is 0 Å². The highest BCUT2D eigenvalue weighted by Gasteiger charge is 2.54. The van der Waals surface area contributed by atoms with Crippen molar-refractivity contribution in [1.29, 1.82) is 0 Å². The maximum atomic E-state index is 11.3. The van der Waals surface area contributed by atoms with Crippen LogP contribution in [0.3, 0.4) is 0 Å². The van der Waals surface area contributed by atoms with Crippen molar-refractivity contribution >= 4 is 13.6 Å². The van der Waals surface area contributed by atoms with Gasteiger partial charge in [0.1, 0.15) is 0 Å². The Morgan fingerprint density at radius 2 is 1.76 bits per heavy atom. The molecule has 0 amide bonds. The summed E-state index contributed by atoms with van der Waals surface area (Å²) in [6.07, 6.45) is 1.28. The number of rotatable bonds is 8. The minimum absolute atomic E-state index is 0.0399. The molecule has 0 aliphatic rings. The second-order valence-electron chi connectivity index (χ2n) is 3.98. The summed E-state index contributed by atoms with van der Waals surface area (Å²) < 4.78 is 16.4. The first-order chi connectivity index (χ1) is 7.75. The second kappa shape index (κ2) is 6.50. The lowest BCUT2D eigenvalue weighted by Crippen LogP contribution is -2.42. The summed E-state index contributed by atoms with van der Waals surface area (Å²) in [5.41, 5.74) is 0. The van der Waals surface area contributed by atoms with Crippen molar-refractivity contribution in [3.05, 3.63) is 0 Å². The molecular weight excluding hydrogens is 247 g/mol. The van der Waals surface area contributed by atoms with E-state index in [4.69, 9.17) is 19.6 Å². The van der Waals surface area contributed by atoms with Gasteiger partial charge in [0.2, 0.25) is 0 Å². The molecule has 102 valence electrons. The van der Waals surface area contributed by atoms with Gasteiger partial charge in [-0.1, -0.05) is 33.6 Å². The minimum Gasteiger partial charge on any atom is -0.479 e. The van der Waals surface area contributed by atoms with Crippen LogP contribution in [0.1, 0.15) is 40.0 Å². The first-order valence-electron chi connectivity index (χ1n) is 5.68. The van der Waals surface area contributed by atoms with Crippen LogP contribution in [0.4, 0.5) is 0 Å². The third-order valence-corrected chi connectivity index (χ3v) is 4.57. The van der Waals surface area contributed by atoms with E-state index in [1.165, 1.54) is 6.92 Å². The van der Waals surface area contributed by atoms with Crippen molar-refractivity contribution in [2.45, 2.75) is 45.4 Å². The molecule has 0 aromatic heterocycles. The van der Waals surface area contributed by atoms with Crippen LogP contribution >= 0.6 is 7.60 Å². The summed E-state index contributed by atoms with van der Waals surface area (Å²) in [6, 6.07) is 0. The summed E-state index contributed by atoms with van der Waals surface area (Å²) in [7, 11) is -4.86. The molecule has 0 bridgehead atoms. The molecule has 0 rings (SSSR count). The van der Waals surface area contributed by atoms with E-state index in [9.17, 15) is 9.36 Å². The maximum Gasteiger partial charge on any atom is 0.368 e. The number of carboxylic acids is 1. The molecule has 6 nitrogen and oxygen atoms in total. The van der Waals surface area contributed by atoms with Gasteiger partial charge in [0.15, 0.2) is 0 Å². The zero-order valence-corrected chi connectivity index (χ0v) is 11.3. The number of ether oxygens (including phenoxy) is 1. The Kier molecular flexibility index (Phi) is 6.34. The molecule has 0 aromatic rings. The summed E-state index contributed by atoms with van der Waals surface area (Å²) in [5, 5.41) is 6.59. The molecule has 0 aliphatic heterocycles. The lowest BCUT2D eigenvalue weighted by atomic mass is 10.1. The van der Waals surface area contributed by atoms with Crippen LogP contribution in [0, 0.1) is 5.92 Å². The monoisotopic (exact) mass is 268 g/mol. The van der Waals surface area contributed by atoms with E-state index in [1.54, 1.807) is 0 Å². The fourth-order valence-electron chi connectivity index (χ4n) is 1.51. The molecule has 3 N–H and O–H groups in total. The molecular formula is C10H21O6P. The van der Waals surface area contributed by atoms with Crippen molar-refractivity contribution in [3.8, 4) is 0 Å². The summed E-state index contributed by atoms with van der Waals surface area (Å²) >= 11 is 0. The molecule has 0 aliphatic carbocycles. The number of hydrogen-bond donors (Lipinski definition) is 3. The zero-order chi connectivity index (χ0) is 13.7. The molecule has 0 fully saturated rings. The number of carboxylic acid groups (broad SMARTS) is 1. The minimum atomic E-state index is -4.86. The van der Waals surface area contributed by atoms with Crippen molar-refractivity contribution in [3.63, 3.8) is 0 Å². The average molecular weight is 268 g/mol. The van der Waals surface area contributed by atoms with Gasteiger partial charge in [0.05, 0.1) is 6.61 Å². The predicted molar refractivity (Wildman–Crippen MR) is 62.7 cm³/mol. The summed E-state index contributed by atoms with van der Waals surface area (Å²) in [4.78, 5) is 29.4. The first kappa shape index (κ1) is 16.6. The predicted octanol–water partition coefficient (Wildman–Crippen LogP) is 1.81. The first-order valence-corrected chi connectivity index (χ1v) is 7.29. The highest BCUT2D eigenvalue weighted by atomic mass is 31.2. The molecule has 0 spiro atoms. The van der Waals surface area contributed by atoms with E-state index in [0.717, 1.165) is 12.8 Å². The van der Waals surface area contributed by atoms with E-state index in [1.807, 2.05) is 13.8 Å². The molecule has 0 saturated carbocycles. The van der Waals surface area contributed by atoms with Gasteiger partial charge in [-0.05, 0) is 12.3 Å². The quantitative estimate of drug-likeness (QED) is 0.580. The fraction of sp³-hybridized carbons (Fsp3) is 0.900. The molecule has 1 unspecified atom stereocenters. The Morgan fingerprint density at radius 3 is 2.00 bits per heavy atom. The Balaban J connectivity index is 4.96.